The van der Waals surface area contributed by atoms with Crippen molar-refractivity contribution in [2.75, 3.05) is 17.3 Å². The number of aryl methyl sites for hydroxylation is 1. The second-order valence-electron chi connectivity index (χ2n) is 17.4. The molecule has 1 fully saturated rings. The van der Waals surface area contributed by atoms with Crippen molar-refractivity contribution >= 4 is 57.8 Å². The minimum Gasteiger partial charge on any atom is -0.388 e. The zero-order chi connectivity index (χ0) is 43.1. The maximum Gasteiger partial charge on any atom is 0.355 e. The molecule has 1 unspecified atom stereocenters. The van der Waals surface area contributed by atoms with Gasteiger partial charge < -0.3 is 15.1 Å². The monoisotopic (exact) mass is 829 g/mol. The van der Waals surface area contributed by atoms with E-state index in [0.29, 0.717) is 5.06 Å². The summed E-state index contributed by atoms with van der Waals surface area (Å²) in [5.74, 6) is -1.66. The summed E-state index contributed by atoms with van der Waals surface area (Å²) in [6.45, 7) is 15.4. The molecule has 8 rings (SSSR count). The van der Waals surface area contributed by atoms with Crippen LogP contribution in [0.5, 0.6) is 0 Å². The van der Waals surface area contributed by atoms with Crippen LogP contribution in [0.25, 0.3) is 16.8 Å². The van der Waals surface area contributed by atoms with Gasteiger partial charge in [-0.3, -0.25) is 9.59 Å². The normalized spacial score (nSPS) is 19.3. The summed E-state index contributed by atoms with van der Waals surface area (Å²) < 4.78 is 0. The topological polar surface area (TPSA) is 79.0 Å². The van der Waals surface area contributed by atoms with Gasteiger partial charge in [-0.2, -0.15) is 0 Å². The smallest absolute Gasteiger partial charge is 0.355 e. The van der Waals surface area contributed by atoms with Gasteiger partial charge >= 0.3 is 5.97 Å². The van der Waals surface area contributed by atoms with Gasteiger partial charge in [0.15, 0.2) is 0 Å². The number of amides is 2. The number of benzene rings is 4. The predicted octanol–water partition coefficient (Wildman–Crippen LogP) is 12.1. The molecule has 8 heteroatoms. The van der Waals surface area contributed by atoms with Crippen molar-refractivity contribution in [2.45, 2.75) is 101 Å². The molecule has 7 nitrogen and oxygen atoms in total. The Kier molecular flexibility index (Phi) is 11.6. The maximum absolute atomic E-state index is 13.9. The maximum atomic E-state index is 13.9. The first-order chi connectivity index (χ1) is 29.3. The molecule has 0 spiro atoms. The van der Waals surface area contributed by atoms with Crippen LogP contribution >= 0.6 is 11.8 Å². The summed E-state index contributed by atoms with van der Waals surface area (Å²) in [7, 11) is 1.99. The number of hydrogen-bond acceptors (Lipinski definition) is 7. The van der Waals surface area contributed by atoms with E-state index in [1.807, 2.05) is 30.1 Å². The van der Waals surface area contributed by atoms with Gasteiger partial charge in [0, 0.05) is 57.6 Å². The van der Waals surface area contributed by atoms with Crippen molar-refractivity contribution in [3.8, 4) is 0 Å². The van der Waals surface area contributed by atoms with E-state index in [1.54, 1.807) is 18.7 Å². The third kappa shape index (κ3) is 7.83. The number of hydrogen-bond donors (Lipinski definition) is 1. The zero-order valence-electron chi connectivity index (χ0n) is 36.1. The molecule has 4 aromatic carbocycles. The van der Waals surface area contributed by atoms with Crippen LogP contribution in [-0.4, -0.2) is 35.9 Å². The van der Waals surface area contributed by atoms with E-state index in [2.05, 4.69) is 137 Å². The van der Waals surface area contributed by atoms with Crippen molar-refractivity contribution in [2.24, 2.45) is 0 Å². The number of allylic oxidation sites excluding steroid dienone is 9. The molecule has 0 aromatic heterocycles. The average Bonchev–Trinajstić information content (AvgIpc) is 3.71. The number of nitrogens with one attached hydrogen (secondary N) is 1. The first-order valence-corrected chi connectivity index (χ1v) is 22.3. The molecular weight excluding hydrogens is 775 g/mol. The molecule has 4 aliphatic rings. The van der Waals surface area contributed by atoms with Crippen LogP contribution in [-0.2, 0) is 36.5 Å². The molecule has 0 radical (unpaired) electrons. The first-order valence-electron chi connectivity index (χ1n) is 21.5. The molecule has 0 bridgehead atoms. The molecule has 0 saturated carbocycles. The number of imide groups is 1. The molecule has 2 aliphatic carbocycles. The van der Waals surface area contributed by atoms with Crippen molar-refractivity contribution in [3.63, 3.8) is 0 Å². The Bertz CT molecular complexity index is 2590. The van der Waals surface area contributed by atoms with E-state index in [1.165, 1.54) is 32.7 Å². The lowest BCUT2D eigenvalue weighted by Gasteiger charge is -2.32. The highest BCUT2D eigenvalue weighted by Gasteiger charge is 2.46. The van der Waals surface area contributed by atoms with Crippen LogP contribution in [0.4, 0.5) is 11.4 Å². The Hall–Kier alpha value is -5.86. The van der Waals surface area contributed by atoms with Crippen molar-refractivity contribution < 1.29 is 19.2 Å². The Morgan fingerprint density at radius 3 is 2.41 bits per heavy atom. The van der Waals surface area contributed by atoms with Crippen LogP contribution in [0.15, 0.2) is 148 Å². The van der Waals surface area contributed by atoms with E-state index in [-0.39, 0.29) is 18.3 Å². The van der Waals surface area contributed by atoms with Crippen LogP contribution < -0.4 is 10.2 Å². The lowest BCUT2D eigenvalue weighted by Crippen LogP contribution is -2.44. The number of hydroxylamine groups is 2. The lowest BCUT2D eigenvalue weighted by atomic mass is 9.73. The van der Waals surface area contributed by atoms with E-state index in [0.717, 1.165) is 76.0 Å². The minimum absolute atomic E-state index is 0.0361. The number of anilines is 2. The molecule has 2 amide bonds. The molecule has 1 saturated heterocycles. The molecular formula is C53H55N3O4S. The largest absolute Gasteiger partial charge is 0.388 e. The molecule has 1 N–H and O–H groups in total. The predicted molar refractivity (Wildman–Crippen MR) is 250 cm³/mol. The van der Waals surface area contributed by atoms with Gasteiger partial charge in [-0.25, -0.2) is 4.79 Å². The fourth-order valence-corrected chi connectivity index (χ4v) is 10.5. The van der Waals surface area contributed by atoms with Crippen molar-refractivity contribution in [3.05, 3.63) is 165 Å². The summed E-state index contributed by atoms with van der Waals surface area (Å²) in [5.41, 5.74) is 10.7. The van der Waals surface area contributed by atoms with Gasteiger partial charge in [0.2, 0.25) is 0 Å². The summed E-state index contributed by atoms with van der Waals surface area (Å²) in [4.78, 5) is 48.9. The molecule has 4 aromatic rings. The SMILES string of the molecule is C=C(/C=C/C1=C(Sc2ccccc2)C(=C/C=C2/N(C(C)C(=O)ON3C(=O)CCC3=O)c3ccc4ccccc4c3C2(C)C)/CCC1)C(C)(C)c1c(NC)ccc2c1C=CCC2. The second kappa shape index (κ2) is 16.9. The Morgan fingerprint density at radius 1 is 0.918 bits per heavy atom. The third-order valence-corrected chi connectivity index (χ3v) is 14.1. The second-order valence-corrected chi connectivity index (χ2v) is 18.5. The number of nitrogens with zero attached hydrogens (tertiary/aromatic N) is 2. The van der Waals surface area contributed by atoms with Crippen LogP contribution in [0.3, 0.4) is 0 Å². The third-order valence-electron chi connectivity index (χ3n) is 12.9. The standard InChI is InChI=1S/C53H55N3O4S/c1-34(52(3,4)48-41-22-13-11-16-36(41)26-29-43(48)54-7)24-25-38-18-15-19-39(50(38)61-40-20-9-8-10-21-40)28-31-45-53(5,6)49-42-23-14-12-17-37(42)27-30-44(49)55(45)35(2)51(59)60-56-46(57)32-33-47(56)58/h8-10,12-14,17,20-31,35,54H,1,11,15-16,18-19,32-33H2,2-7H3/b25-24+,39-28+,45-31+. The Labute approximate surface area is 364 Å². The van der Waals surface area contributed by atoms with Crippen molar-refractivity contribution in [1.82, 2.24) is 5.06 Å². The first kappa shape index (κ1) is 41.9. The lowest BCUT2D eigenvalue weighted by molar-refractivity contribution is -0.198. The van der Waals surface area contributed by atoms with Crippen LogP contribution in [0.1, 0.15) is 95.4 Å². The summed E-state index contributed by atoms with van der Waals surface area (Å²) in [5, 5.41) is 6.33. The van der Waals surface area contributed by atoms with Gasteiger partial charge in [0.05, 0.1) is 0 Å². The van der Waals surface area contributed by atoms with Gasteiger partial charge in [-0.05, 0) is 119 Å². The van der Waals surface area contributed by atoms with Crippen LogP contribution in [0.2, 0.25) is 0 Å². The fourth-order valence-electron chi connectivity index (χ4n) is 9.41. The van der Waals surface area contributed by atoms with Crippen LogP contribution in [0, 0.1) is 0 Å². The quantitative estimate of drug-likeness (QED) is 0.119. The van der Waals surface area contributed by atoms with Gasteiger partial charge in [0.25, 0.3) is 11.8 Å². The molecule has 1 atom stereocenters. The van der Waals surface area contributed by atoms with Gasteiger partial charge in [-0.15, -0.1) is 5.06 Å². The summed E-state index contributed by atoms with van der Waals surface area (Å²) in [6.07, 6.45) is 18.5. The highest BCUT2D eigenvalue weighted by molar-refractivity contribution is 8.03. The number of thioether (sulfide) groups is 1. The van der Waals surface area contributed by atoms with E-state index < -0.39 is 29.2 Å². The number of rotatable bonds is 11. The molecule has 312 valence electrons. The molecule has 2 aliphatic heterocycles. The average molecular weight is 830 g/mol. The summed E-state index contributed by atoms with van der Waals surface area (Å²) >= 11 is 1.79. The molecule has 2 heterocycles. The van der Waals surface area contributed by atoms with E-state index >= 15 is 0 Å². The fraction of sp³-hybridized carbons (Fsp3) is 0.302. The summed E-state index contributed by atoms with van der Waals surface area (Å²) in [6, 6.07) is 26.6. The van der Waals surface area contributed by atoms with Gasteiger partial charge in [0.1, 0.15) is 6.04 Å². The van der Waals surface area contributed by atoms with Gasteiger partial charge in [-0.1, -0.05) is 131 Å². The van der Waals surface area contributed by atoms with E-state index in [4.69, 9.17) is 4.84 Å². The Balaban J connectivity index is 1.20. The van der Waals surface area contributed by atoms with Crippen molar-refractivity contribution in [1.29, 1.82) is 0 Å². The number of carbonyl (C=O) groups excluding carboxylic acids is 3. The Morgan fingerprint density at radius 2 is 1.66 bits per heavy atom. The number of fused-ring (bicyclic) bond motifs is 4. The highest BCUT2D eigenvalue weighted by Crippen LogP contribution is 2.52. The van der Waals surface area contributed by atoms with E-state index in [9.17, 15) is 14.4 Å². The number of carbonyl (C=O) groups is 3. The highest BCUT2D eigenvalue weighted by atomic mass is 32.2. The minimum atomic E-state index is -0.838. The zero-order valence-corrected chi connectivity index (χ0v) is 37.0. The molecule has 61 heavy (non-hydrogen) atoms.